The third kappa shape index (κ3) is 4.49. The molecule has 0 spiro atoms. The molecule has 1 aliphatic heterocycles. The van der Waals surface area contributed by atoms with Crippen molar-refractivity contribution in [3.63, 3.8) is 0 Å². The van der Waals surface area contributed by atoms with Crippen LogP contribution in [0, 0.1) is 5.41 Å². The van der Waals surface area contributed by atoms with Crippen molar-refractivity contribution in [1.82, 2.24) is 0 Å². The third-order valence-electron chi connectivity index (χ3n) is 3.17. The zero-order chi connectivity index (χ0) is 11.0. The Morgan fingerprint density at radius 3 is 2.47 bits per heavy atom. The topological polar surface area (TPSA) is 38.7 Å². The predicted octanol–water partition coefficient (Wildman–Crippen LogP) is 1.98. The van der Waals surface area contributed by atoms with Crippen molar-refractivity contribution in [2.75, 3.05) is 33.0 Å². The summed E-state index contributed by atoms with van der Waals surface area (Å²) in [6.07, 6.45) is 5.46. The van der Waals surface area contributed by atoms with Gasteiger partial charge in [0.05, 0.1) is 19.8 Å². The van der Waals surface area contributed by atoms with Crippen LogP contribution in [0.3, 0.4) is 0 Å². The van der Waals surface area contributed by atoms with Crippen LogP contribution in [0.4, 0.5) is 0 Å². The molecule has 0 bridgehead atoms. The molecule has 0 atom stereocenters. The molecule has 0 aromatic carbocycles. The van der Waals surface area contributed by atoms with Crippen LogP contribution >= 0.6 is 0 Å². The van der Waals surface area contributed by atoms with E-state index in [2.05, 4.69) is 6.92 Å². The van der Waals surface area contributed by atoms with E-state index < -0.39 is 0 Å². The van der Waals surface area contributed by atoms with Crippen molar-refractivity contribution in [3.05, 3.63) is 0 Å². The Morgan fingerprint density at radius 1 is 1.20 bits per heavy atom. The van der Waals surface area contributed by atoms with Crippen molar-refractivity contribution in [2.45, 2.75) is 39.0 Å². The second-order valence-electron chi connectivity index (χ2n) is 4.54. The molecule has 0 unspecified atom stereocenters. The van der Waals surface area contributed by atoms with Crippen LogP contribution in [0.1, 0.15) is 39.0 Å². The summed E-state index contributed by atoms with van der Waals surface area (Å²) >= 11 is 0. The molecule has 0 amide bonds. The largest absolute Gasteiger partial charge is 0.396 e. The Balaban J connectivity index is 1.88. The minimum absolute atomic E-state index is 0.317. The van der Waals surface area contributed by atoms with Crippen LogP contribution < -0.4 is 0 Å². The zero-order valence-electron chi connectivity index (χ0n) is 9.83. The summed E-state index contributed by atoms with van der Waals surface area (Å²) in [4.78, 5) is 0. The molecule has 1 aliphatic rings. The molecule has 0 aromatic rings. The van der Waals surface area contributed by atoms with Crippen LogP contribution in [-0.4, -0.2) is 38.1 Å². The molecule has 1 fully saturated rings. The zero-order valence-corrected chi connectivity index (χ0v) is 9.83. The van der Waals surface area contributed by atoms with E-state index in [4.69, 9.17) is 14.6 Å². The molecule has 0 aliphatic carbocycles. The molecule has 1 saturated heterocycles. The highest BCUT2D eigenvalue weighted by Crippen LogP contribution is 2.31. The van der Waals surface area contributed by atoms with Crippen LogP contribution in [0.2, 0.25) is 0 Å². The third-order valence-corrected chi connectivity index (χ3v) is 3.17. The number of hydrogen-bond donors (Lipinski definition) is 1. The average Bonchev–Trinajstić information content (AvgIpc) is 2.20. The lowest BCUT2D eigenvalue weighted by Gasteiger charge is -2.40. The highest BCUT2D eigenvalue weighted by atomic mass is 16.5. The van der Waals surface area contributed by atoms with E-state index in [0.29, 0.717) is 12.0 Å². The standard InChI is InChI=1S/C12H24O3/c1-2-12(10-15-11-12)9-14-8-6-4-3-5-7-13/h13H,2-11H2,1H3. The first-order valence-electron chi connectivity index (χ1n) is 6.09. The Hall–Kier alpha value is -0.120. The van der Waals surface area contributed by atoms with Gasteiger partial charge in [0.2, 0.25) is 0 Å². The molecule has 0 aromatic heterocycles. The maximum absolute atomic E-state index is 8.60. The van der Waals surface area contributed by atoms with E-state index in [0.717, 1.165) is 58.5 Å². The summed E-state index contributed by atoms with van der Waals surface area (Å²) < 4.78 is 10.9. The van der Waals surface area contributed by atoms with Crippen LogP contribution in [-0.2, 0) is 9.47 Å². The van der Waals surface area contributed by atoms with Gasteiger partial charge in [-0.25, -0.2) is 0 Å². The maximum atomic E-state index is 8.60. The first-order chi connectivity index (χ1) is 7.33. The SMILES string of the molecule is CCC1(COCCCCCCO)COC1. The molecule has 3 heteroatoms. The van der Waals surface area contributed by atoms with Crippen molar-refractivity contribution >= 4 is 0 Å². The lowest BCUT2D eigenvalue weighted by Crippen LogP contribution is -2.45. The van der Waals surface area contributed by atoms with Crippen molar-refractivity contribution < 1.29 is 14.6 Å². The normalized spacial score (nSPS) is 18.8. The van der Waals surface area contributed by atoms with Gasteiger partial charge in [0.25, 0.3) is 0 Å². The summed E-state index contributed by atoms with van der Waals surface area (Å²) in [6, 6.07) is 0. The molecule has 15 heavy (non-hydrogen) atoms. The van der Waals surface area contributed by atoms with Gasteiger partial charge in [-0.1, -0.05) is 19.8 Å². The molecular weight excluding hydrogens is 192 g/mol. The minimum Gasteiger partial charge on any atom is -0.396 e. The van der Waals surface area contributed by atoms with E-state index in [1.165, 1.54) is 0 Å². The van der Waals surface area contributed by atoms with E-state index in [1.807, 2.05) is 0 Å². The number of aliphatic hydroxyl groups excluding tert-OH is 1. The Kier molecular flexibility index (Phi) is 6.22. The number of aliphatic hydroxyl groups is 1. The number of rotatable bonds is 9. The van der Waals surface area contributed by atoms with Gasteiger partial charge in [0, 0.05) is 18.6 Å². The summed E-state index contributed by atoms with van der Waals surface area (Å²) in [6.45, 7) is 5.96. The average molecular weight is 216 g/mol. The van der Waals surface area contributed by atoms with E-state index >= 15 is 0 Å². The van der Waals surface area contributed by atoms with Gasteiger partial charge in [0.1, 0.15) is 0 Å². The second-order valence-corrected chi connectivity index (χ2v) is 4.54. The number of unbranched alkanes of at least 4 members (excludes halogenated alkanes) is 3. The van der Waals surface area contributed by atoms with Crippen molar-refractivity contribution in [1.29, 1.82) is 0 Å². The fourth-order valence-corrected chi connectivity index (χ4v) is 1.74. The Morgan fingerprint density at radius 2 is 1.93 bits per heavy atom. The fraction of sp³-hybridized carbons (Fsp3) is 1.00. The van der Waals surface area contributed by atoms with Gasteiger partial charge in [0.15, 0.2) is 0 Å². The van der Waals surface area contributed by atoms with Crippen LogP contribution in [0.25, 0.3) is 0 Å². The van der Waals surface area contributed by atoms with Gasteiger partial charge in [-0.2, -0.15) is 0 Å². The van der Waals surface area contributed by atoms with Crippen molar-refractivity contribution in [3.8, 4) is 0 Å². The summed E-state index contributed by atoms with van der Waals surface area (Å²) in [7, 11) is 0. The Labute approximate surface area is 92.8 Å². The molecule has 3 nitrogen and oxygen atoms in total. The molecule has 0 radical (unpaired) electrons. The van der Waals surface area contributed by atoms with E-state index in [9.17, 15) is 0 Å². The van der Waals surface area contributed by atoms with Gasteiger partial charge in [-0.15, -0.1) is 0 Å². The number of hydrogen-bond acceptors (Lipinski definition) is 3. The lowest BCUT2D eigenvalue weighted by atomic mass is 9.84. The van der Waals surface area contributed by atoms with Gasteiger partial charge >= 0.3 is 0 Å². The first kappa shape index (κ1) is 12.9. The maximum Gasteiger partial charge on any atom is 0.0566 e. The predicted molar refractivity (Wildman–Crippen MR) is 59.9 cm³/mol. The summed E-state index contributed by atoms with van der Waals surface area (Å²) in [5.74, 6) is 0. The minimum atomic E-state index is 0.317. The Bertz CT molecular complexity index is 149. The quantitative estimate of drug-likeness (QED) is 0.599. The number of ether oxygens (including phenoxy) is 2. The van der Waals surface area contributed by atoms with Gasteiger partial charge in [-0.05, 0) is 19.3 Å². The monoisotopic (exact) mass is 216 g/mol. The molecule has 1 rings (SSSR count). The molecule has 1 heterocycles. The summed E-state index contributed by atoms with van der Waals surface area (Å²) in [5.41, 5.74) is 0.325. The van der Waals surface area contributed by atoms with E-state index in [1.54, 1.807) is 0 Å². The van der Waals surface area contributed by atoms with Crippen molar-refractivity contribution in [2.24, 2.45) is 5.41 Å². The first-order valence-corrected chi connectivity index (χ1v) is 6.09. The smallest absolute Gasteiger partial charge is 0.0566 e. The fourth-order valence-electron chi connectivity index (χ4n) is 1.74. The van der Waals surface area contributed by atoms with Gasteiger partial charge < -0.3 is 14.6 Å². The van der Waals surface area contributed by atoms with Crippen LogP contribution in [0.5, 0.6) is 0 Å². The molecule has 0 saturated carbocycles. The van der Waals surface area contributed by atoms with E-state index in [-0.39, 0.29) is 0 Å². The summed E-state index contributed by atoms with van der Waals surface area (Å²) in [5, 5.41) is 8.60. The molecular formula is C12H24O3. The molecule has 90 valence electrons. The lowest BCUT2D eigenvalue weighted by molar-refractivity contribution is -0.150. The highest BCUT2D eigenvalue weighted by Gasteiger charge is 2.36. The van der Waals surface area contributed by atoms with Crippen LogP contribution in [0.15, 0.2) is 0 Å². The highest BCUT2D eigenvalue weighted by molar-refractivity contribution is 4.83. The van der Waals surface area contributed by atoms with Gasteiger partial charge in [-0.3, -0.25) is 0 Å². The second kappa shape index (κ2) is 7.20. The molecule has 1 N–H and O–H groups in total.